The van der Waals surface area contributed by atoms with Crippen LogP contribution in [0.1, 0.15) is 15.9 Å². The molecule has 0 saturated heterocycles. The summed E-state index contributed by atoms with van der Waals surface area (Å²) in [4.78, 5) is 16.8. The highest BCUT2D eigenvalue weighted by atomic mass is 32.2. The maximum atomic E-state index is 13.2. The molecule has 4 rings (SSSR count). The average Bonchev–Trinajstić information content (AvgIpc) is 2.81. The highest BCUT2D eigenvalue weighted by Crippen LogP contribution is 2.28. The van der Waals surface area contributed by atoms with Gasteiger partial charge in [0, 0.05) is 18.0 Å². The minimum Gasteiger partial charge on any atom is -0.397 e. The van der Waals surface area contributed by atoms with Gasteiger partial charge in [0.2, 0.25) is 9.84 Å². The van der Waals surface area contributed by atoms with Crippen molar-refractivity contribution in [2.24, 2.45) is 0 Å². The molecule has 3 N–H and O–H groups in total. The van der Waals surface area contributed by atoms with Crippen LogP contribution in [0.15, 0.2) is 95.0 Å². The number of carbonyl (C=O) groups is 1. The van der Waals surface area contributed by atoms with Gasteiger partial charge in [-0.05, 0) is 78.2 Å². The third kappa shape index (κ3) is 4.75. The number of aromatic nitrogens is 1. The molecule has 0 spiro atoms. The maximum absolute atomic E-state index is 13.2. The number of rotatable bonds is 5. The van der Waals surface area contributed by atoms with Gasteiger partial charge in [0.15, 0.2) is 0 Å². The van der Waals surface area contributed by atoms with Crippen LogP contribution in [-0.4, -0.2) is 19.3 Å². The lowest BCUT2D eigenvalue weighted by Crippen LogP contribution is -2.13. The van der Waals surface area contributed by atoms with E-state index in [2.05, 4.69) is 10.3 Å². The molecule has 166 valence electrons. The van der Waals surface area contributed by atoms with Gasteiger partial charge in [-0.2, -0.15) is 0 Å². The van der Waals surface area contributed by atoms with Crippen molar-refractivity contribution < 1.29 is 17.6 Å². The zero-order valence-electron chi connectivity index (χ0n) is 17.6. The monoisotopic (exact) mass is 461 g/mol. The molecule has 33 heavy (non-hydrogen) atoms. The van der Waals surface area contributed by atoms with Crippen LogP contribution in [0, 0.1) is 12.7 Å². The highest BCUT2D eigenvalue weighted by molar-refractivity contribution is 7.91. The maximum Gasteiger partial charge on any atom is 0.255 e. The van der Waals surface area contributed by atoms with Gasteiger partial charge in [-0.15, -0.1) is 0 Å². The number of nitrogen functional groups attached to an aromatic ring is 1. The molecule has 0 saturated carbocycles. The van der Waals surface area contributed by atoms with Crippen molar-refractivity contribution in [1.82, 2.24) is 4.98 Å². The van der Waals surface area contributed by atoms with Gasteiger partial charge in [0.1, 0.15) is 5.82 Å². The molecule has 0 bridgehead atoms. The van der Waals surface area contributed by atoms with E-state index in [1.807, 2.05) is 0 Å². The van der Waals surface area contributed by atoms with Crippen molar-refractivity contribution >= 4 is 27.1 Å². The van der Waals surface area contributed by atoms with Gasteiger partial charge in [0.25, 0.3) is 5.91 Å². The van der Waals surface area contributed by atoms with E-state index in [4.69, 9.17) is 5.73 Å². The molecule has 0 aliphatic heterocycles. The third-order valence-electron chi connectivity index (χ3n) is 5.07. The summed E-state index contributed by atoms with van der Waals surface area (Å²) in [6, 6.07) is 18.3. The van der Waals surface area contributed by atoms with Crippen LogP contribution in [-0.2, 0) is 9.84 Å². The molecular weight excluding hydrogens is 441 g/mol. The molecule has 0 unspecified atom stereocenters. The van der Waals surface area contributed by atoms with Crippen LogP contribution in [0.5, 0.6) is 0 Å². The van der Waals surface area contributed by atoms with Crippen molar-refractivity contribution in [3.63, 3.8) is 0 Å². The van der Waals surface area contributed by atoms with Gasteiger partial charge < -0.3 is 11.1 Å². The Kier molecular flexibility index (Phi) is 5.93. The predicted molar refractivity (Wildman–Crippen MR) is 125 cm³/mol. The van der Waals surface area contributed by atoms with E-state index in [9.17, 15) is 17.6 Å². The van der Waals surface area contributed by atoms with Crippen LogP contribution < -0.4 is 11.1 Å². The zero-order valence-corrected chi connectivity index (χ0v) is 18.4. The van der Waals surface area contributed by atoms with Crippen molar-refractivity contribution in [2.45, 2.75) is 16.7 Å². The predicted octanol–water partition coefficient (Wildman–Crippen LogP) is 4.86. The first kappa shape index (κ1) is 22.2. The molecule has 0 atom stereocenters. The van der Waals surface area contributed by atoms with E-state index in [-0.39, 0.29) is 21.2 Å². The molecule has 8 heteroatoms. The number of hydrogen-bond acceptors (Lipinski definition) is 5. The first-order valence-corrected chi connectivity index (χ1v) is 11.5. The molecule has 4 aromatic rings. The van der Waals surface area contributed by atoms with Crippen LogP contribution >= 0.6 is 0 Å². The number of carbonyl (C=O) groups excluding carboxylic acids is 1. The molecule has 1 heterocycles. The number of nitrogens with one attached hydrogen (secondary N) is 1. The number of nitrogens with zero attached hydrogens (tertiary/aromatic N) is 1. The summed E-state index contributed by atoms with van der Waals surface area (Å²) >= 11 is 0. The van der Waals surface area contributed by atoms with Gasteiger partial charge in [-0.25, -0.2) is 12.8 Å². The number of aryl methyl sites for hydroxylation is 1. The number of benzene rings is 3. The van der Waals surface area contributed by atoms with E-state index in [1.165, 1.54) is 42.6 Å². The Bertz CT molecular complexity index is 1430. The second-order valence-electron chi connectivity index (χ2n) is 7.49. The molecule has 0 fully saturated rings. The number of amides is 1. The highest BCUT2D eigenvalue weighted by Gasteiger charge is 2.19. The fourth-order valence-electron chi connectivity index (χ4n) is 3.28. The second kappa shape index (κ2) is 8.84. The number of halogens is 1. The van der Waals surface area contributed by atoms with Gasteiger partial charge in [0.05, 0.1) is 21.2 Å². The van der Waals surface area contributed by atoms with E-state index >= 15 is 0 Å². The summed E-state index contributed by atoms with van der Waals surface area (Å²) < 4.78 is 38.8. The molecule has 6 nitrogen and oxygen atoms in total. The normalized spacial score (nSPS) is 11.2. The van der Waals surface area contributed by atoms with Crippen molar-refractivity contribution in [3.8, 4) is 11.1 Å². The Morgan fingerprint density at radius 1 is 0.879 bits per heavy atom. The Balaban J connectivity index is 1.56. The van der Waals surface area contributed by atoms with Crippen molar-refractivity contribution in [2.75, 3.05) is 11.1 Å². The number of anilines is 2. The van der Waals surface area contributed by atoms with E-state index in [0.29, 0.717) is 11.4 Å². The Labute approximate surface area is 190 Å². The Hall–Kier alpha value is -4.04. The molecule has 0 aliphatic carbocycles. The van der Waals surface area contributed by atoms with Crippen LogP contribution in [0.25, 0.3) is 11.1 Å². The van der Waals surface area contributed by atoms with Crippen molar-refractivity contribution in [1.29, 1.82) is 0 Å². The smallest absolute Gasteiger partial charge is 0.255 e. The number of pyridine rings is 1. The molecular formula is C25H20FN3O3S. The Morgan fingerprint density at radius 2 is 1.55 bits per heavy atom. The van der Waals surface area contributed by atoms with E-state index in [1.54, 1.807) is 49.5 Å². The van der Waals surface area contributed by atoms with Crippen molar-refractivity contribution in [3.05, 3.63) is 102 Å². The van der Waals surface area contributed by atoms with Crippen LogP contribution in [0.2, 0.25) is 0 Å². The molecule has 1 amide bonds. The summed E-state index contributed by atoms with van der Waals surface area (Å²) in [6.07, 6.45) is 2.86. The molecule has 0 radical (unpaired) electrons. The fraction of sp³-hybridized carbons (Fsp3) is 0.0400. The molecule has 0 aliphatic rings. The number of sulfone groups is 1. The molecule has 1 aromatic heterocycles. The minimum absolute atomic E-state index is 0.0595. The third-order valence-corrected chi connectivity index (χ3v) is 6.80. The minimum atomic E-state index is -3.75. The van der Waals surface area contributed by atoms with Crippen LogP contribution in [0.4, 0.5) is 15.8 Å². The number of nitrogens with two attached hydrogens (primary N) is 1. The van der Waals surface area contributed by atoms with Gasteiger partial charge >= 0.3 is 0 Å². The zero-order chi connectivity index (χ0) is 23.6. The van der Waals surface area contributed by atoms with Gasteiger partial charge in [-0.1, -0.05) is 18.2 Å². The molecule has 3 aromatic carbocycles. The second-order valence-corrected chi connectivity index (χ2v) is 9.44. The lowest BCUT2D eigenvalue weighted by molar-refractivity contribution is 0.102. The first-order valence-electron chi connectivity index (χ1n) is 9.98. The topological polar surface area (TPSA) is 102 Å². The van der Waals surface area contributed by atoms with E-state index in [0.717, 1.165) is 16.7 Å². The largest absolute Gasteiger partial charge is 0.397 e. The summed E-state index contributed by atoms with van der Waals surface area (Å²) in [7, 11) is -3.75. The lowest BCUT2D eigenvalue weighted by Gasteiger charge is -2.11. The van der Waals surface area contributed by atoms with E-state index < -0.39 is 15.7 Å². The first-order chi connectivity index (χ1) is 15.7. The summed E-state index contributed by atoms with van der Waals surface area (Å²) in [5.41, 5.74) is 9.29. The summed E-state index contributed by atoms with van der Waals surface area (Å²) in [5, 5.41) is 2.75. The van der Waals surface area contributed by atoms with Crippen LogP contribution in [0.3, 0.4) is 0 Å². The Morgan fingerprint density at radius 3 is 2.21 bits per heavy atom. The average molecular weight is 462 g/mol. The fourth-order valence-corrected chi connectivity index (χ4v) is 4.58. The number of hydrogen-bond donors (Lipinski definition) is 2. The standard InChI is InChI=1S/C25H20FN3O3S/c1-16-12-22(15-28-14-16)33(31,32)21-9-4-18(5-10-21)25(30)29-24-13-19(6-11-23(24)27)17-2-7-20(26)8-3-17/h2-15H,27H2,1H3,(H,29,30). The summed E-state index contributed by atoms with van der Waals surface area (Å²) in [6.45, 7) is 1.76. The SMILES string of the molecule is Cc1cncc(S(=O)(=O)c2ccc(C(=O)Nc3cc(-c4ccc(F)cc4)ccc3N)cc2)c1. The van der Waals surface area contributed by atoms with Gasteiger partial charge in [-0.3, -0.25) is 9.78 Å². The quantitative estimate of drug-likeness (QED) is 0.413. The lowest BCUT2D eigenvalue weighted by atomic mass is 10.0. The summed E-state index contributed by atoms with van der Waals surface area (Å²) in [5.74, 6) is -0.786.